The van der Waals surface area contributed by atoms with E-state index < -0.39 is 12.1 Å². The van der Waals surface area contributed by atoms with Gasteiger partial charge in [0.1, 0.15) is 11.4 Å². The molecule has 174 valence electrons. The number of carboxylic acids is 1. The number of hydrogen-bond acceptors (Lipinski definition) is 7. The second-order valence-corrected chi connectivity index (χ2v) is 8.15. The molecule has 2 N–H and O–H groups in total. The van der Waals surface area contributed by atoms with Crippen molar-refractivity contribution in [2.45, 2.75) is 31.3 Å². The van der Waals surface area contributed by atoms with Crippen LogP contribution in [-0.4, -0.2) is 62.8 Å². The number of ether oxygens (including phenoxy) is 1. The molecular formula is C20H23F3N4O4S. The number of nitrogens with one attached hydrogen (secondary N) is 1. The molecule has 2 aromatic rings. The zero-order valence-corrected chi connectivity index (χ0v) is 18.2. The zero-order valence-electron chi connectivity index (χ0n) is 17.4. The number of halogens is 3. The quantitative estimate of drug-likeness (QED) is 0.684. The lowest BCUT2D eigenvalue weighted by Crippen LogP contribution is -2.32. The highest BCUT2D eigenvalue weighted by Crippen LogP contribution is 2.26. The van der Waals surface area contributed by atoms with Gasteiger partial charge in [-0.15, -0.1) is 5.10 Å². The molecule has 12 heteroatoms. The molecule has 8 nitrogen and oxygen atoms in total. The van der Waals surface area contributed by atoms with Crippen LogP contribution in [0.2, 0.25) is 0 Å². The number of methoxy groups -OCH3 is 1. The Morgan fingerprint density at radius 3 is 2.56 bits per heavy atom. The number of piperidine rings is 1. The molecule has 1 aromatic heterocycles. The lowest BCUT2D eigenvalue weighted by molar-refractivity contribution is -0.192. The summed E-state index contributed by atoms with van der Waals surface area (Å²) in [5.74, 6) is -1.92. The second-order valence-electron chi connectivity index (χ2n) is 6.77. The molecule has 1 aliphatic heterocycles. The van der Waals surface area contributed by atoms with E-state index in [1.54, 1.807) is 14.0 Å². The monoisotopic (exact) mass is 472 g/mol. The summed E-state index contributed by atoms with van der Waals surface area (Å²) in [7, 11) is 1.66. The predicted molar refractivity (Wildman–Crippen MR) is 113 cm³/mol. The van der Waals surface area contributed by atoms with Gasteiger partial charge in [-0.3, -0.25) is 4.79 Å². The standard InChI is InChI=1S/C18H22N4O2S.C2HF3O2/c1-13(23)25-18-7-8-19-10-15(18)9-16-12-22(21-20-16)11-14-3-5-17(24-2)6-4-14;3-2(4,5)1(6)7/h3-6,9,12,18-19H,7-8,10-11H2,1-2H3;(H,6,7)/b15-9-;. The number of benzene rings is 1. The molecule has 1 fully saturated rings. The Bertz CT molecular complexity index is 945. The third kappa shape index (κ3) is 8.35. The SMILES string of the molecule is COc1ccc(Cn2cc(/C=C3/CNCCC3SC(C)=O)nn2)cc1.O=C(O)C(F)(F)F. The van der Waals surface area contributed by atoms with Crippen LogP contribution in [0.5, 0.6) is 5.75 Å². The molecule has 0 spiro atoms. The molecule has 32 heavy (non-hydrogen) atoms. The molecule has 0 saturated carbocycles. The van der Waals surface area contributed by atoms with Gasteiger partial charge in [0, 0.05) is 18.7 Å². The average molecular weight is 472 g/mol. The first-order valence-electron chi connectivity index (χ1n) is 9.50. The minimum Gasteiger partial charge on any atom is -0.497 e. The average Bonchev–Trinajstić information content (AvgIpc) is 3.16. The van der Waals surface area contributed by atoms with Crippen molar-refractivity contribution in [2.75, 3.05) is 20.2 Å². The highest BCUT2D eigenvalue weighted by molar-refractivity contribution is 8.14. The summed E-state index contributed by atoms with van der Waals surface area (Å²) in [5, 5.41) is 19.3. The summed E-state index contributed by atoms with van der Waals surface area (Å²) in [6.45, 7) is 4.00. The van der Waals surface area contributed by atoms with Gasteiger partial charge in [-0.2, -0.15) is 13.2 Å². The molecule has 0 radical (unpaired) electrons. The van der Waals surface area contributed by atoms with Crippen LogP contribution in [0, 0.1) is 0 Å². The van der Waals surface area contributed by atoms with Crippen LogP contribution < -0.4 is 10.1 Å². The molecule has 0 bridgehead atoms. The Labute approximate surface area is 186 Å². The molecule has 0 amide bonds. The number of aromatic nitrogens is 3. The third-order valence-electron chi connectivity index (χ3n) is 4.27. The lowest BCUT2D eigenvalue weighted by Gasteiger charge is -2.24. The zero-order chi connectivity index (χ0) is 23.7. The number of rotatable bonds is 5. The Kier molecular flexibility index (Phi) is 9.27. The molecule has 3 rings (SSSR count). The van der Waals surface area contributed by atoms with Gasteiger partial charge < -0.3 is 15.2 Å². The molecule has 2 heterocycles. The van der Waals surface area contributed by atoms with Crippen molar-refractivity contribution in [3.8, 4) is 5.75 Å². The van der Waals surface area contributed by atoms with E-state index in [9.17, 15) is 18.0 Å². The van der Waals surface area contributed by atoms with Crippen molar-refractivity contribution in [3.63, 3.8) is 0 Å². The molecule has 1 atom stereocenters. The summed E-state index contributed by atoms with van der Waals surface area (Å²) in [6, 6.07) is 7.91. The Hall–Kier alpha value is -2.86. The van der Waals surface area contributed by atoms with Crippen LogP contribution in [-0.2, 0) is 16.1 Å². The number of carbonyl (C=O) groups excluding carboxylic acids is 1. The van der Waals surface area contributed by atoms with Crippen molar-refractivity contribution in [1.82, 2.24) is 20.3 Å². The fourth-order valence-corrected chi connectivity index (χ4v) is 3.75. The minimum atomic E-state index is -5.08. The van der Waals surface area contributed by atoms with Gasteiger partial charge >= 0.3 is 12.1 Å². The first kappa shape index (κ1) is 25.4. The van der Waals surface area contributed by atoms with Crippen LogP contribution in [0.1, 0.15) is 24.6 Å². The molecule has 1 saturated heterocycles. The predicted octanol–water partition coefficient (Wildman–Crippen LogP) is 2.99. The van der Waals surface area contributed by atoms with Gasteiger partial charge in [-0.05, 0) is 42.3 Å². The number of alkyl halides is 3. The molecular weight excluding hydrogens is 449 g/mol. The number of carbonyl (C=O) groups is 2. The van der Waals surface area contributed by atoms with Crippen molar-refractivity contribution in [3.05, 3.63) is 47.3 Å². The van der Waals surface area contributed by atoms with Crippen molar-refractivity contribution in [1.29, 1.82) is 0 Å². The van der Waals surface area contributed by atoms with Gasteiger partial charge in [0.15, 0.2) is 5.12 Å². The van der Waals surface area contributed by atoms with E-state index >= 15 is 0 Å². The summed E-state index contributed by atoms with van der Waals surface area (Å²) in [4.78, 5) is 20.3. The van der Waals surface area contributed by atoms with Gasteiger partial charge in [0.2, 0.25) is 0 Å². The number of aliphatic carboxylic acids is 1. The van der Waals surface area contributed by atoms with Crippen molar-refractivity contribution in [2.24, 2.45) is 0 Å². The fraction of sp³-hybridized carbons (Fsp3) is 0.400. The fourth-order valence-electron chi connectivity index (χ4n) is 2.81. The van der Waals surface area contributed by atoms with E-state index in [0.717, 1.165) is 36.5 Å². The van der Waals surface area contributed by atoms with E-state index in [1.165, 1.54) is 17.3 Å². The van der Waals surface area contributed by atoms with Gasteiger partial charge in [-0.1, -0.05) is 29.1 Å². The largest absolute Gasteiger partial charge is 0.497 e. The smallest absolute Gasteiger partial charge is 0.490 e. The van der Waals surface area contributed by atoms with E-state index in [1.807, 2.05) is 41.2 Å². The summed E-state index contributed by atoms with van der Waals surface area (Å²) >= 11 is 1.40. The first-order valence-corrected chi connectivity index (χ1v) is 10.4. The maximum Gasteiger partial charge on any atom is 0.490 e. The topological polar surface area (TPSA) is 106 Å². The normalized spacial score (nSPS) is 17.4. The van der Waals surface area contributed by atoms with E-state index in [-0.39, 0.29) is 10.4 Å². The lowest BCUT2D eigenvalue weighted by atomic mass is 10.1. The number of thioether (sulfide) groups is 1. The van der Waals surface area contributed by atoms with E-state index in [2.05, 4.69) is 15.6 Å². The van der Waals surface area contributed by atoms with E-state index in [4.69, 9.17) is 14.6 Å². The minimum absolute atomic E-state index is 0.154. The molecule has 0 aliphatic carbocycles. The summed E-state index contributed by atoms with van der Waals surface area (Å²) in [5.41, 5.74) is 3.15. The highest BCUT2D eigenvalue weighted by atomic mass is 32.2. The molecule has 1 unspecified atom stereocenters. The number of hydrogen-bond donors (Lipinski definition) is 2. The molecule has 1 aliphatic rings. The first-order chi connectivity index (χ1) is 15.1. The van der Waals surface area contributed by atoms with Crippen LogP contribution in [0.25, 0.3) is 6.08 Å². The van der Waals surface area contributed by atoms with Crippen LogP contribution >= 0.6 is 11.8 Å². The van der Waals surface area contributed by atoms with Crippen LogP contribution in [0.15, 0.2) is 36.0 Å². The van der Waals surface area contributed by atoms with E-state index in [0.29, 0.717) is 6.54 Å². The Morgan fingerprint density at radius 2 is 2.00 bits per heavy atom. The summed E-state index contributed by atoms with van der Waals surface area (Å²) in [6.07, 6.45) is -0.151. The maximum absolute atomic E-state index is 11.4. The second kappa shape index (κ2) is 11.7. The molecule has 1 aromatic carbocycles. The van der Waals surface area contributed by atoms with Crippen LogP contribution in [0.4, 0.5) is 13.2 Å². The number of carboxylic acid groups (broad SMARTS) is 1. The Morgan fingerprint density at radius 1 is 1.34 bits per heavy atom. The van der Waals surface area contributed by atoms with Crippen molar-refractivity contribution >= 4 is 28.9 Å². The van der Waals surface area contributed by atoms with Gasteiger partial charge in [0.25, 0.3) is 0 Å². The van der Waals surface area contributed by atoms with Crippen LogP contribution in [0.3, 0.4) is 0 Å². The number of nitrogens with zero attached hydrogens (tertiary/aromatic N) is 3. The Balaban J connectivity index is 0.000000451. The van der Waals surface area contributed by atoms with Gasteiger partial charge in [0.05, 0.1) is 19.9 Å². The summed E-state index contributed by atoms with van der Waals surface area (Å²) < 4.78 is 38.7. The highest BCUT2D eigenvalue weighted by Gasteiger charge is 2.38. The maximum atomic E-state index is 11.4. The third-order valence-corrected chi connectivity index (χ3v) is 5.42. The van der Waals surface area contributed by atoms with Gasteiger partial charge in [-0.25, -0.2) is 9.48 Å². The van der Waals surface area contributed by atoms with Crippen molar-refractivity contribution < 1.29 is 32.6 Å².